The molecule has 1 amide bonds. The van der Waals surface area contributed by atoms with Gasteiger partial charge in [-0.25, -0.2) is 0 Å². The Morgan fingerprint density at radius 3 is 2.19 bits per heavy atom. The van der Waals surface area contributed by atoms with Crippen molar-refractivity contribution in [3.8, 4) is 5.75 Å². The summed E-state index contributed by atoms with van der Waals surface area (Å²) in [5.41, 5.74) is 5.44. The van der Waals surface area contributed by atoms with Gasteiger partial charge in [-0.1, -0.05) is 102 Å². The van der Waals surface area contributed by atoms with E-state index >= 15 is 0 Å². The van der Waals surface area contributed by atoms with E-state index in [4.69, 9.17) is 17.0 Å². The van der Waals surface area contributed by atoms with E-state index in [0.717, 1.165) is 22.4 Å². The van der Waals surface area contributed by atoms with E-state index in [1.54, 1.807) is 4.90 Å². The molecule has 1 heterocycles. The highest BCUT2D eigenvalue weighted by molar-refractivity contribution is 8.26. The predicted molar refractivity (Wildman–Crippen MR) is 132 cm³/mol. The second kappa shape index (κ2) is 9.50. The van der Waals surface area contributed by atoms with Gasteiger partial charge in [0.1, 0.15) is 16.7 Å². The third kappa shape index (κ3) is 5.24. The normalized spacial score (nSPS) is 15.0. The van der Waals surface area contributed by atoms with Crippen molar-refractivity contribution in [2.75, 3.05) is 0 Å². The summed E-state index contributed by atoms with van der Waals surface area (Å²) < 4.78 is 6.64. The molecule has 0 radical (unpaired) electrons. The summed E-state index contributed by atoms with van der Waals surface area (Å²) in [6.07, 6.45) is 1.87. The van der Waals surface area contributed by atoms with Gasteiger partial charge in [0.15, 0.2) is 0 Å². The van der Waals surface area contributed by atoms with Crippen LogP contribution >= 0.6 is 24.0 Å². The number of hydrogen-bond donors (Lipinski definition) is 0. The number of thiocarbonyl (C=S) groups is 1. The van der Waals surface area contributed by atoms with Crippen LogP contribution in [0.1, 0.15) is 27.8 Å². The van der Waals surface area contributed by atoms with Crippen LogP contribution < -0.4 is 4.74 Å². The minimum atomic E-state index is -0.0658. The molecule has 0 spiro atoms. The Balaban J connectivity index is 1.50. The van der Waals surface area contributed by atoms with Gasteiger partial charge in [0.25, 0.3) is 5.91 Å². The highest BCUT2D eigenvalue weighted by atomic mass is 32.2. The van der Waals surface area contributed by atoms with Crippen LogP contribution in [0.5, 0.6) is 5.75 Å². The number of benzene rings is 3. The van der Waals surface area contributed by atoms with Gasteiger partial charge >= 0.3 is 0 Å². The van der Waals surface area contributed by atoms with Crippen molar-refractivity contribution in [2.24, 2.45) is 0 Å². The quantitative estimate of drug-likeness (QED) is 0.330. The van der Waals surface area contributed by atoms with E-state index in [1.807, 2.05) is 61.5 Å². The first kappa shape index (κ1) is 21.3. The maximum absolute atomic E-state index is 13.0. The molecule has 31 heavy (non-hydrogen) atoms. The number of ether oxygens (including phenoxy) is 1. The van der Waals surface area contributed by atoms with E-state index in [-0.39, 0.29) is 5.91 Å². The highest BCUT2D eigenvalue weighted by Gasteiger charge is 2.32. The van der Waals surface area contributed by atoms with Gasteiger partial charge in [-0.15, -0.1) is 0 Å². The number of amides is 1. The molecule has 3 aromatic rings. The molecular formula is C26H23NO2S2. The zero-order valence-corrected chi connectivity index (χ0v) is 19.1. The molecule has 3 aromatic carbocycles. The maximum Gasteiger partial charge on any atom is 0.266 e. The molecule has 0 aliphatic carbocycles. The lowest BCUT2D eigenvalue weighted by Gasteiger charge is -2.14. The number of hydrogen-bond acceptors (Lipinski definition) is 4. The molecule has 1 saturated heterocycles. The highest BCUT2D eigenvalue weighted by Crippen LogP contribution is 2.35. The molecule has 3 nitrogen and oxygen atoms in total. The molecule has 4 rings (SSSR count). The molecule has 0 aromatic heterocycles. The second-order valence-corrected chi connectivity index (χ2v) is 9.24. The van der Waals surface area contributed by atoms with Crippen molar-refractivity contribution in [3.05, 3.63) is 106 Å². The maximum atomic E-state index is 13.0. The molecule has 1 aliphatic heterocycles. The first-order valence-corrected chi connectivity index (χ1v) is 11.3. The Labute approximate surface area is 192 Å². The van der Waals surface area contributed by atoms with Gasteiger partial charge in [-0.05, 0) is 37.1 Å². The number of para-hydroxylation sites is 1. The third-order valence-corrected chi connectivity index (χ3v) is 6.43. The summed E-state index contributed by atoms with van der Waals surface area (Å²) in [5, 5.41) is 0. The molecule has 0 N–H and O–H groups in total. The monoisotopic (exact) mass is 445 g/mol. The van der Waals surface area contributed by atoms with Crippen molar-refractivity contribution in [1.29, 1.82) is 0 Å². The van der Waals surface area contributed by atoms with Gasteiger partial charge in [0.2, 0.25) is 0 Å². The average molecular weight is 446 g/mol. The standard InChI is InChI=1S/C26H23NO2S2/c1-18-7-11-20(12-8-18)16-27-25(28)24(31-26(27)30)15-22-5-3-4-6-23(22)29-17-21-13-9-19(2)10-14-21/h3-15H,16-17H2,1-2H3/b24-15-. The van der Waals surface area contributed by atoms with Crippen molar-refractivity contribution in [2.45, 2.75) is 27.0 Å². The molecule has 1 fully saturated rings. The first-order chi connectivity index (χ1) is 15.0. The summed E-state index contributed by atoms with van der Waals surface area (Å²) in [7, 11) is 0. The number of carbonyl (C=O) groups is 1. The van der Waals surface area contributed by atoms with Crippen molar-refractivity contribution in [1.82, 2.24) is 4.90 Å². The number of nitrogens with zero attached hydrogens (tertiary/aromatic N) is 1. The van der Waals surface area contributed by atoms with E-state index in [0.29, 0.717) is 22.4 Å². The van der Waals surface area contributed by atoms with Gasteiger partial charge in [-0.3, -0.25) is 9.69 Å². The van der Waals surface area contributed by atoms with Crippen LogP contribution in [-0.4, -0.2) is 15.1 Å². The summed E-state index contributed by atoms with van der Waals surface area (Å²) in [6, 6.07) is 24.2. The fourth-order valence-corrected chi connectivity index (χ4v) is 4.48. The van der Waals surface area contributed by atoms with Gasteiger partial charge in [0.05, 0.1) is 11.4 Å². The Morgan fingerprint density at radius 1 is 0.903 bits per heavy atom. The smallest absolute Gasteiger partial charge is 0.266 e. The fourth-order valence-electron chi connectivity index (χ4n) is 3.23. The van der Waals surface area contributed by atoms with Gasteiger partial charge < -0.3 is 4.74 Å². The van der Waals surface area contributed by atoms with E-state index in [1.165, 1.54) is 22.9 Å². The summed E-state index contributed by atoms with van der Waals surface area (Å²) in [4.78, 5) is 15.3. The Bertz CT molecular complexity index is 1130. The van der Waals surface area contributed by atoms with Crippen LogP contribution in [0, 0.1) is 13.8 Å². The molecule has 0 atom stereocenters. The molecular weight excluding hydrogens is 422 g/mol. The van der Waals surface area contributed by atoms with Gasteiger partial charge in [-0.2, -0.15) is 0 Å². The van der Waals surface area contributed by atoms with Gasteiger partial charge in [0, 0.05) is 5.56 Å². The molecule has 1 aliphatic rings. The fraction of sp³-hybridized carbons (Fsp3) is 0.154. The Kier molecular flexibility index (Phi) is 6.54. The Hall–Kier alpha value is -2.89. The SMILES string of the molecule is Cc1ccc(COc2ccccc2/C=C2\SC(=S)N(Cc3ccc(C)cc3)C2=O)cc1. The lowest BCUT2D eigenvalue weighted by Crippen LogP contribution is -2.27. The average Bonchev–Trinajstić information content (AvgIpc) is 3.03. The zero-order chi connectivity index (χ0) is 21.8. The topological polar surface area (TPSA) is 29.5 Å². The molecule has 0 bridgehead atoms. The number of aryl methyl sites for hydroxylation is 2. The minimum absolute atomic E-state index is 0.0658. The van der Waals surface area contributed by atoms with Crippen LogP contribution in [-0.2, 0) is 17.9 Å². The summed E-state index contributed by atoms with van der Waals surface area (Å²) in [5.74, 6) is 0.677. The Morgan fingerprint density at radius 2 is 1.52 bits per heavy atom. The summed E-state index contributed by atoms with van der Waals surface area (Å²) >= 11 is 6.83. The van der Waals surface area contributed by atoms with Crippen molar-refractivity contribution >= 4 is 40.3 Å². The zero-order valence-electron chi connectivity index (χ0n) is 17.5. The minimum Gasteiger partial charge on any atom is -0.488 e. The van der Waals surface area contributed by atoms with Crippen molar-refractivity contribution in [3.63, 3.8) is 0 Å². The van der Waals surface area contributed by atoms with E-state index < -0.39 is 0 Å². The molecule has 0 unspecified atom stereocenters. The molecule has 156 valence electrons. The number of carbonyl (C=O) groups excluding carboxylic acids is 1. The lowest BCUT2D eigenvalue weighted by atomic mass is 10.1. The van der Waals surface area contributed by atoms with Crippen LogP contribution in [0.3, 0.4) is 0 Å². The van der Waals surface area contributed by atoms with Crippen molar-refractivity contribution < 1.29 is 9.53 Å². The first-order valence-electron chi connectivity index (χ1n) is 10.1. The van der Waals surface area contributed by atoms with E-state index in [2.05, 4.69) is 31.2 Å². The molecule has 0 saturated carbocycles. The summed E-state index contributed by atoms with van der Waals surface area (Å²) in [6.45, 7) is 5.06. The van der Waals surface area contributed by atoms with Crippen LogP contribution in [0.15, 0.2) is 77.7 Å². The van der Waals surface area contributed by atoms with E-state index in [9.17, 15) is 4.79 Å². The van der Waals surface area contributed by atoms with Crippen LogP contribution in [0.25, 0.3) is 6.08 Å². The lowest BCUT2D eigenvalue weighted by molar-refractivity contribution is -0.122. The number of rotatable bonds is 6. The second-order valence-electron chi connectivity index (χ2n) is 7.57. The number of thioether (sulfide) groups is 1. The van der Waals surface area contributed by atoms with Crippen LogP contribution in [0.4, 0.5) is 0 Å². The molecule has 5 heteroatoms. The predicted octanol–water partition coefficient (Wildman–Crippen LogP) is 6.28. The third-order valence-electron chi connectivity index (χ3n) is 5.06. The van der Waals surface area contributed by atoms with Crippen LogP contribution in [0.2, 0.25) is 0 Å². The largest absolute Gasteiger partial charge is 0.488 e.